The van der Waals surface area contributed by atoms with Crippen LogP contribution >= 0.6 is 0 Å². The van der Waals surface area contributed by atoms with E-state index in [4.69, 9.17) is 9.46 Å². The standard InChI is InChI=1S/C26H54O3Si/c1-8-9-10-11-12-13-14-15-16-17-18-19-20-21-22-26(5,23-24-27)28-29-30(6,7)25(2,3)4/h24H,8-23H2,1-7H3/t26-/m0/s1. The van der Waals surface area contributed by atoms with Gasteiger partial charge in [-0.25, -0.2) is 4.89 Å². The van der Waals surface area contributed by atoms with Crippen LogP contribution in [0.2, 0.25) is 18.1 Å². The number of hydrogen-bond acceptors (Lipinski definition) is 3. The zero-order valence-corrected chi connectivity index (χ0v) is 22.6. The summed E-state index contributed by atoms with van der Waals surface area (Å²) in [5.74, 6) is 0. The van der Waals surface area contributed by atoms with E-state index in [1.54, 1.807) is 0 Å². The summed E-state index contributed by atoms with van der Waals surface area (Å²) in [6.45, 7) is 15.3. The second kappa shape index (κ2) is 16.4. The molecule has 30 heavy (non-hydrogen) atoms. The summed E-state index contributed by atoms with van der Waals surface area (Å²) in [6, 6.07) is 0. The molecule has 0 aliphatic carbocycles. The molecule has 4 heteroatoms. The van der Waals surface area contributed by atoms with Crippen molar-refractivity contribution in [2.75, 3.05) is 0 Å². The first-order valence-electron chi connectivity index (χ1n) is 12.9. The van der Waals surface area contributed by atoms with Gasteiger partial charge in [0.25, 0.3) is 0 Å². The average molecular weight is 443 g/mol. The molecule has 0 saturated heterocycles. The maximum Gasteiger partial charge on any atom is 0.238 e. The van der Waals surface area contributed by atoms with Crippen molar-refractivity contribution in [2.45, 2.75) is 161 Å². The van der Waals surface area contributed by atoms with Crippen LogP contribution in [-0.2, 0) is 14.3 Å². The summed E-state index contributed by atoms with van der Waals surface area (Å²) in [4.78, 5) is 17.1. The molecule has 0 fully saturated rings. The Morgan fingerprint density at radius 2 is 1.10 bits per heavy atom. The number of carbonyl (C=O) groups is 1. The molecule has 0 radical (unpaired) electrons. The fourth-order valence-corrected chi connectivity index (χ4v) is 4.04. The van der Waals surface area contributed by atoms with Gasteiger partial charge >= 0.3 is 0 Å². The molecule has 180 valence electrons. The minimum atomic E-state index is -1.97. The van der Waals surface area contributed by atoms with E-state index in [1.807, 2.05) is 6.92 Å². The molecule has 0 rings (SSSR count). The van der Waals surface area contributed by atoms with Gasteiger partial charge in [0.15, 0.2) is 0 Å². The maximum absolute atomic E-state index is 11.2. The molecule has 0 aromatic rings. The van der Waals surface area contributed by atoms with E-state index in [2.05, 4.69) is 40.8 Å². The van der Waals surface area contributed by atoms with Crippen molar-refractivity contribution in [3.05, 3.63) is 0 Å². The number of unbranched alkanes of at least 4 members (excludes halogenated alkanes) is 13. The van der Waals surface area contributed by atoms with Crippen molar-refractivity contribution < 1.29 is 14.3 Å². The topological polar surface area (TPSA) is 35.5 Å². The van der Waals surface area contributed by atoms with Gasteiger partial charge in [-0.15, -0.1) is 0 Å². The van der Waals surface area contributed by atoms with Crippen LogP contribution in [0, 0.1) is 0 Å². The molecular weight excluding hydrogens is 388 g/mol. The van der Waals surface area contributed by atoms with E-state index in [0.717, 1.165) is 19.1 Å². The normalized spacial score (nSPS) is 14.6. The fraction of sp³-hybridized carbons (Fsp3) is 0.962. The lowest BCUT2D eigenvalue weighted by Gasteiger charge is -2.38. The SMILES string of the molecule is CCCCCCCCCCCCCCCC[C@@](C)(CC=O)OO[Si](C)(C)C(C)(C)C. The predicted molar refractivity (Wildman–Crippen MR) is 133 cm³/mol. The molecule has 0 N–H and O–H groups in total. The van der Waals surface area contributed by atoms with E-state index < -0.39 is 13.9 Å². The Balaban J connectivity index is 3.82. The lowest BCUT2D eigenvalue weighted by Crippen LogP contribution is -2.44. The monoisotopic (exact) mass is 442 g/mol. The largest absolute Gasteiger partial charge is 0.303 e. The maximum atomic E-state index is 11.2. The Morgan fingerprint density at radius 1 is 0.700 bits per heavy atom. The van der Waals surface area contributed by atoms with Gasteiger partial charge in [-0.3, -0.25) is 4.58 Å². The van der Waals surface area contributed by atoms with Crippen LogP contribution in [-0.4, -0.2) is 20.2 Å². The second-order valence-corrected chi connectivity index (χ2v) is 15.8. The smallest absolute Gasteiger partial charge is 0.238 e. The first-order chi connectivity index (χ1) is 14.1. The van der Waals surface area contributed by atoms with Gasteiger partial charge in [0.05, 0.1) is 0 Å². The summed E-state index contributed by atoms with van der Waals surface area (Å²) in [7, 11) is -1.97. The minimum absolute atomic E-state index is 0.101. The Hall–Kier alpha value is -0.193. The zero-order chi connectivity index (χ0) is 22.9. The number of rotatable bonds is 20. The molecular formula is C26H54O3Si. The third kappa shape index (κ3) is 14.7. The van der Waals surface area contributed by atoms with Crippen LogP contribution in [0.25, 0.3) is 0 Å². The van der Waals surface area contributed by atoms with Crippen LogP contribution in [0.5, 0.6) is 0 Å². The van der Waals surface area contributed by atoms with Crippen LogP contribution < -0.4 is 0 Å². The van der Waals surface area contributed by atoms with Crippen LogP contribution in [0.1, 0.15) is 137 Å². The van der Waals surface area contributed by atoms with Gasteiger partial charge in [-0.1, -0.05) is 118 Å². The van der Waals surface area contributed by atoms with E-state index >= 15 is 0 Å². The Morgan fingerprint density at radius 3 is 1.47 bits per heavy atom. The van der Waals surface area contributed by atoms with Gasteiger partial charge in [0, 0.05) is 6.42 Å². The van der Waals surface area contributed by atoms with Gasteiger partial charge in [-0.2, -0.15) is 0 Å². The lowest BCUT2D eigenvalue weighted by atomic mass is 9.95. The first kappa shape index (κ1) is 29.8. The van der Waals surface area contributed by atoms with Crippen LogP contribution in [0.3, 0.4) is 0 Å². The number of aldehydes is 1. The molecule has 0 aliphatic heterocycles. The summed E-state index contributed by atoms with van der Waals surface area (Å²) < 4.78 is 5.96. The molecule has 0 aromatic heterocycles. The highest BCUT2D eigenvalue weighted by molar-refractivity contribution is 6.73. The Kier molecular flexibility index (Phi) is 16.3. The minimum Gasteiger partial charge on any atom is -0.303 e. The Labute approximate surface area is 190 Å². The first-order valence-corrected chi connectivity index (χ1v) is 15.8. The molecule has 0 heterocycles. The van der Waals surface area contributed by atoms with Crippen molar-refractivity contribution in [3.8, 4) is 0 Å². The molecule has 0 amide bonds. The summed E-state index contributed by atoms with van der Waals surface area (Å²) in [6.07, 6.45) is 21.3. The highest BCUT2D eigenvalue weighted by Crippen LogP contribution is 2.38. The fourth-order valence-electron chi connectivity index (χ4n) is 3.38. The van der Waals surface area contributed by atoms with Gasteiger partial charge in [-0.05, 0) is 31.5 Å². The number of hydrogen-bond donors (Lipinski definition) is 0. The highest BCUT2D eigenvalue weighted by Gasteiger charge is 2.41. The van der Waals surface area contributed by atoms with Gasteiger partial charge in [0.1, 0.15) is 11.9 Å². The van der Waals surface area contributed by atoms with Crippen molar-refractivity contribution in [2.24, 2.45) is 0 Å². The molecule has 0 aromatic carbocycles. The predicted octanol–water partition coefficient (Wildman–Crippen LogP) is 9.16. The van der Waals surface area contributed by atoms with Crippen LogP contribution in [0.4, 0.5) is 0 Å². The van der Waals surface area contributed by atoms with Crippen molar-refractivity contribution in [1.29, 1.82) is 0 Å². The van der Waals surface area contributed by atoms with E-state index in [1.165, 1.54) is 83.5 Å². The third-order valence-corrected chi connectivity index (χ3v) is 10.9. The Bertz CT molecular complexity index is 417. The van der Waals surface area contributed by atoms with Crippen molar-refractivity contribution in [1.82, 2.24) is 0 Å². The van der Waals surface area contributed by atoms with Gasteiger partial charge < -0.3 is 4.79 Å². The third-order valence-electron chi connectivity index (χ3n) is 6.83. The van der Waals surface area contributed by atoms with E-state index in [-0.39, 0.29) is 5.04 Å². The van der Waals surface area contributed by atoms with Gasteiger partial charge in [0.2, 0.25) is 8.32 Å². The molecule has 0 saturated carbocycles. The number of carbonyl (C=O) groups excluding carboxylic acids is 1. The lowest BCUT2D eigenvalue weighted by molar-refractivity contribution is -0.300. The molecule has 1 atom stereocenters. The summed E-state index contributed by atoms with van der Waals surface area (Å²) >= 11 is 0. The molecule has 0 bridgehead atoms. The average Bonchev–Trinajstić information content (AvgIpc) is 2.66. The molecule has 0 unspecified atom stereocenters. The molecule has 0 spiro atoms. The zero-order valence-electron chi connectivity index (χ0n) is 21.6. The molecule has 0 aliphatic rings. The summed E-state index contributed by atoms with van der Waals surface area (Å²) in [5.41, 5.74) is -0.492. The molecule has 3 nitrogen and oxygen atoms in total. The highest BCUT2D eigenvalue weighted by atomic mass is 28.4. The quantitative estimate of drug-likeness (QED) is 0.0619. The van der Waals surface area contributed by atoms with E-state index in [9.17, 15) is 4.79 Å². The van der Waals surface area contributed by atoms with E-state index in [0.29, 0.717) is 6.42 Å². The second-order valence-electron chi connectivity index (χ2n) is 11.1. The van der Waals surface area contributed by atoms with Crippen LogP contribution in [0.15, 0.2) is 0 Å². The summed E-state index contributed by atoms with van der Waals surface area (Å²) in [5, 5.41) is 0.101. The van der Waals surface area contributed by atoms with Crippen molar-refractivity contribution in [3.63, 3.8) is 0 Å². The van der Waals surface area contributed by atoms with Crippen molar-refractivity contribution >= 4 is 14.6 Å².